The number of Topliss-reactive ketones (excluding diaryl/α,β-unsaturated/α-hetero) is 2. The van der Waals surface area contributed by atoms with Crippen LogP contribution in [0.5, 0.6) is 0 Å². The van der Waals surface area contributed by atoms with Crippen LogP contribution >= 0.6 is 0 Å². The number of carbonyl (C=O) groups excluding carboxylic acids is 2. The van der Waals surface area contributed by atoms with Crippen molar-refractivity contribution < 1.29 is 34.8 Å². The number of rotatable bonds is 4. The summed E-state index contributed by atoms with van der Waals surface area (Å²) in [5, 5.41) is 42.3. The summed E-state index contributed by atoms with van der Waals surface area (Å²) in [6.07, 6.45) is -5.16. The van der Waals surface area contributed by atoms with E-state index in [4.69, 9.17) is 9.84 Å². The van der Waals surface area contributed by atoms with Gasteiger partial charge in [-0.3, -0.25) is 9.59 Å². The monoisotopic (exact) mass is 377 g/mol. The third-order valence-electron chi connectivity index (χ3n) is 5.10. The summed E-state index contributed by atoms with van der Waals surface area (Å²) in [6, 6.07) is 4.14. The van der Waals surface area contributed by atoms with Gasteiger partial charge in [-0.15, -0.1) is 0 Å². The molecule has 2 unspecified atom stereocenters. The van der Waals surface area contributed by atoms with Gasteiger partial charge in [0.15, 0.2) is 17.9 Å². The predicted octanol–water partition coefficient (Wildman–Crippen LogP) is -0.614. The van der Waals surface area contributed by atoms with Gasteiger partial charge < -0.3 is 30.5 Å². The Balaban J connectivity index is 1.86. The van der Waals surface area contributed by atoms with Gasteiger partial charge in [0, 0.05) is 12.1 Å². The molecule has 3 rings (SSSR count). The number of fused-ring (bicyclic) bond motifs is 1. The number of ketones is 2. The van der Waals surface area contributed by atoms with Gasteiger partial charge in [0.25, 0.3) is 0 Å². The Morgan fingerprint density at radius 2 is 1.96 bits per heavy atom. The van der Waals surface area contributed by atoms with Crippen molar-refractivity contribution in [2.24, 2.45) is 0 Å². The van der Waals surface area contributed by atoms with Gasteiger partial charge in [0.2, 0.25) is 0 Å². The van der Waals surface area contributed by atoms with Crippen LogP contribution in [0.15, 0.2) is 23.8 Å². The van der Waals surface area contributed by atoms with E-state index in [0.29, 0.717) is 11.3 Å². The number of allylic oxidation sites excluding steroid dienone is 2. The van der Waals surface area contributed by atoms with Gasteiger partial charge in [-0.1, -0.05) is 6.07 Å². The molecule has 0 aromatic heterocycles. The Bertz CT molecular complexity index is 803. The van der Waals surface area contributed by atoms with Gasteiger partial charge >= 0.3 is 0 Å². The third kappa shape index (κ3) is 3.54. The van der Waals surface area contributed by atoms with Gasteiger partial charge in [0.1, 0.15) is 24.4 Å². The van der Waals surface area contributed by atoms with Crippen molar-refractivity contribution in [3.05, 3.63) is 34.9 Å². The number of hydrogen-bond donors (Lipinski definition) is 5. The fourth-order valence-electron chi connectivity index (χ4n) is 3.71. The average molecular weight is 377 g/mol. The minimum Gasteiger partial charge on any atom is -0.394 e. The highest BCUT2D eigenvalue weighted by molar-refractivity contribution is 6.26. The zero-order chi connectivity index (χ0) is 19.9. The number of benzene rings is 1. The molecule has 0 spiro atoms. The highest BCUT2D eigenvalue weighted by atomic mass is 16.6. The summed E-state index contributed by atoms with van der Waals surface area (Å²) in [5.74, 6) is -0.504. The first-order chi connectivity index (χ1) is 12.7. The molecule has 0 saturated carbocycles. The van der Waals surface area contributed by atoms with Crippen molar-refractivity contribution in [3.8, 4) is 0 Å². The molecule has 2 aliphatic rings. The maximum atomic E-state index is 12.3. The van der Waals surface area contributed by atoms with Crippen LogP contribution in [0.1, 0.15) is 25.0 Å². The zero-order valence-electron chi connectivity index (χ0n) is 15.0. The van der Waals surface area contributed by atoms with Crippen LogP contribution in [0.4, 0.5) is 5.69 Å². The van der Waals surface area contributed by atoms with Gasteiger partial charge in [-0.25, -0.2) is 0 Å². The Morgan fingerprint density at radius 3 is 2.59 bits per heavy atom. The average Bonchev–Trinajstić information content (AvgIpc) is 2.61. The Kier molecular flexibility index (Phi) is 5.45. The number of carbonyl (C=O) groups is 2. The molecule has 5 atom stereocenters. The molecule has 0 radical (unpaired) electrons. The molecule has 1 fully saturated rings. The van der Waals surface area contributed by atoms with Crippen LogP contribution < -0.4 is 5.32 Å². The molecule has 1 aromatic carbocycles. The van der Waals surface area contributed by atoms with E-state index >= 15 is 0 Å². The summed E-state index contributed by atoms with van der Waals surface area (Å²) in [6.45, 7) is 2.56. The summed E-state index contributed by atoms with van der Waals surface area (Å²) in [4.78, 5) is 24.0. The molecule has 0 amide bonds. The number of anilines is 1. The minimum absolute atomic E-state index is 0.0819. The lowest BCUT2D eigenvalue weighted by Gasteiger charge is -2.40. The SMILES string of the molecule is CC(=O)C1=C(C)c2ccc(NC3[C@@H](O)OC(CO)[C@H](O)[C@H]3O)cc2CC1=O. The van der Waals surface area contributed by atoms with E-state index < -0.39 is 37.3 Å². The molecular formula is C19H23NO7. The van der Waals surface area contributed by atoms with Crippen LogP contribution in [-0.2, 0) is 20.7 Å². The second-order valence-corrected chi connectivity index (χ2v) is 6.93. The molecule has 1 aromatic rings. The van der Waals surface area contributed by atoms with Crippen LogP contribution in [0.2, 0.25) is 0 Å². The lowest BCUT2D eigenvalue weighted by molar-refractivity contribution is -0.245. The smallest absolute Gasteiger partial charge is 0.178 e. The standard InChI is InChI=1S/C19H23NO7/c1-8-12-4-3-11(5-10(12)6-13(23)15(8)9(2)22)20-16-18(25)17(24)14(7-21)27-19(16)26/h3-5,14,16-21,24-26H,6-7H2,1-2H3/t14?,16?,17-,18-,19-/m0/s1. The van der Waals surface area contributed by atoms with E-state index in [0.717, 1.165) is 11.1 Å². The Hall–Kier alpha value is -2.10. The van der Waals surface area contributed by atoms with Crippen LogP contribution in [0.3, 0.4) is 0 Å². The number of nitrogens with one attached hydrogen (secondary N) is 1. The second kappa shape index (κ2) is 7.49. The molecule has 146 valence electrons. The molecule has 1 heterocycles. The Labute approximate surface area is 156 Å². The summed E-state index contributed by atoms with van der Waals surface area (Å²) >= 11 is 0. The van der Waals surface area contributed by atoms with E-state index in [1.54, 1.807) is 25.1 Å². The fraction of sp³-hybridized carbons (Fsp3) is 0.474. The molecule has 1 saturated heterocycles. The summed E-state index contributed by atoms with van der Waals surface area (Å²) in [7, 11) is 0. The van der Waals surface area contributed by atoms with E-state index in [2.05, 4.69) is 5.32 Å². The Morgan fingerprint density at radius 1 is 1.26 bits per heavy atom. The second-order valence-electron chi connectivity index (χ2n) is 6.93. The first-order valence-electron chi connectivity index (χ1n) is 8.70. The van der Waals surface area contributed by atoms with E-state index in [1.807, 2.05) is 0 Å². The molecule has 0 bridgehead atoms. The largest absolute Gasteiger partial charge is 0.394 e. The maximum Gasteiger partial charge on any atom is 0.178 e. The highest BCUT2D eigenvalue weighted by Gasteiger charge is 2.43. The van der Waals surface area contributed by atoms with E-state index in [1.165, 1.54) is 6.92 Å². The molecule has 5 N–H and O–H groups in total. The minimum atomic E-state index is -1.44. The van der Waals surface area contributed by atoms with E-state index in [-0.39, 0.29) is 23.6 Å². The molecule has 8 heteroatoms. The van der Waals surface area contributed by atoms with E-state index in [9.17, 15) is 24.9 Å². The quantitative estimate of drug-likeness (QED) is 0.438. The molecule has 1 aliphatic carbocycles. The van der Waals surface area contributed by atoms with Crippen molar-refractivity contribution in [2.75, 3.05) is 11.9 Å². The fourth-order valence-corrected chi connectivity index (χ4v) is 3.71. The normalized spacial score (nSPS) is 30.9. The maximum absolute atomic E-state index is 12.3. The first-order valence-corrected chi connectivity index (χ1v) is 8.70. The third-order valence-corrected chi connectivity index (χ3v) is 5.10. The molecule has 8 nitrogen and oxygen atoms in total. The van der Waals surface area contributed by atoms with Crippen LogP contribution in [0.25, 0.3) is 5.57 Å². The highest BCUT2D eigenvalue weighted by Crippen LogP contribution is 2.32. The number of hydrogen-bond acceptors (Lipinski definition) is 8. The van der Waals surface area contributed by atoms with Crippen molar-refractivity contribution in [3.63, 3.8) is 0 Å². The van der Waals surface area contributed by atoms with Crippen molar-refractivity contribution in [1.82, 2.24) is 0 Å². The number of aliphatic hydroxyl groups is 4. The molecule has 1 aliphatic heterocycles. The number of ether oxygens (including phenoxy) is 1. The van der Waals surface area contributed by atoms with Crippen LogP contribution in [-0.4, -0.2) is 69.2 Å². The molecule has 27 heavy (non-hydrogen) atoms. The lowest BCUT2D eigenvalue weighted by Crippen LogP contribution is -2.61. The number of aliphatic hydroxyl groups excluding tert-OH is 4. The summed E-state index contributed by atoms with van der Waals surface area (Å²) in [5.41, 5.74) is 2.88. The summed E-state index contributed by atoms with van der Waals surface area (Å²) < 4.78 is 5.12. The van der Waals surface area contributed by atoms with Gasteiger partial charge in [-0.2, -0.15) is 0 Å². The first kappa shape index (κ1) is 19.7. The van der Waals surface area contributed by atoms with Crippen LogP contribution in [0, 0.1) is 0 Å². The molecular weight excluding hydrogens is 354 g/mol. The van der Waals surface area contributed by atoms with Crippen molar-refractivity contribution in [1.29, 1.82) is 0 Å². The van der Waals surface area contributed by atoms with Crippen molar-refractivity contribution >= 4 is 22.8 Å². The predicted molar refractivity (Wildman–Crippen MR) is 95.8 cm³/mol. The van der Waals surface area contributed by atoms with Gasteiger partial charge in [-0.05, 0) is 42.7 Å². The lowest BCUT2D eigenvalue weighted by atomic mass is 9.84. The van der Waals surface area contributed by atoms with Gasteiger partial charge in [0.05, 0.1) is 12.2 Å². The zero-order valence-corrected chi connectivity index (χ0v) is 15.0. The van der Waals surface area contributed by atoms with Crippen molar-refractivity contribution in [2.45, 2.75) is 50.9 Å². The topological polar surface area (TPSA) is 136 Å².